The number of carbonyl (C=O) groups is 3. The van der Waals surface area contributed by atoms with Crippen LogP contribution in [0.5, 0.6) is 5.75 Å². The van der Waals surface area contributed by atoms with E-state index in [0.717, 1.165) is 11.1 Å². The number of rotatable bonds is 6. The first kappa shape index (κ1) is 24.2. The van der Waals surface area contributed by atoms with E-state index in [2.05, 4.69) is 20.8 Å². The first-order chi connectivity index (χ1) is 16.6. The Labute approximate surface area is 206 Å². The molecule has 0 fully saturated rings. The Kier molecular flexibility index (Phi) is 6.48. The molecule has 1 heterocycles. The van der Waals surface area contributed by atoms with Crippen molar-refractivity contribution in [1.29, 1.82) is 0 Å². The topological polar surface area (TPSA) is 66.9 Å². The minimum absolute atomic E-state index is 0.0348. The molecule has 180 valence electrons. The van der Waals surface area contributed by atoms with Gasteiger partial charge in [0.2, 0.25) is 0 Å². The maximum atomic E-state index is 13.7. The molecule has 3 aromatic carbocycles. The largest absolute Gasteiger partial charge is 0.495 e. The SMILES string of the molecule is COc1cc(C)ccc1N(CCN1C(=O)c2ccccc2C1=O)C(=O)c1ccc(C(C)(C)C)cc1. The highest BCUT2D eigenvalue weighted by Gasteiger charge is 2.35. The average Bonchev–Trinajstić information content (AvgIpc) is 3.09. The summed E-state index contributed by atoms with van der Waals surface area (Å²) in [6.07, 6.45) is 0. The van der Waals surface area contributed by atoms with Gasteiger partial charge in [-0.2, -0.15) is 0 Å². The minimum atomic E-state index is -0.344. The molecule has 0 saturated heterocycles. The van der Waals surface area contributed by atoms with Gasteiger partial charge in [0.1, 0.15) is 5.75 Å². The first-order valence-corrected chi connectivity index (χ1v) is 11.6. The number of ether oxygens (including phenoxy) is 1. The Hall–Kier alpha value is -3.93. The number of benzene rings is 3. The monoisotopic (exact) mass is 470 g/mol. The van der Waals surface area contributed by atoms with Gasteiger partial charge in [-0.05, 0) is 59.9 Å². The van der Waals surface area contributed by atoms with Crippen molar-refractivity contribution in [3.8, 4) is 5.75 Å². The Morgan fingerprint density at radius 3 is 2.06 bits per heavy atom. The van der Waals surface area contributed by atoms with Crippen LogP contribution in [0.4, 0.5) is 5.69 Å². The predicted molar refractivity (Wildman–Crippen MR) is 136 cm³/mol. The number of methoxy groups -OCH3 is 1. The highest BCUT2D eigenvalue weighted by molar-refractivity contribution is 6.21. The first-order valence-electron chi connectivity index (χ1n) is 11.6. The molecule has 6 nitrogen and oxygen atoms in total. The van der Waals surface area contributed by atoms with Crippen molar-refractivity contribution in [2.75, 3.05) is 25.1 Å². The van der Waals surface area contributed by atoms with Crippen molar-refractivity contribution < 1.29 is 19.1 Å². The van der Waals surface area contributed by atoms with Gasteiger partial charge in [0.15, 0.2) is 0 Å². The zero-order valence-electron chi connectivity index (χ0n) is 20.8. The van der Waals surface area contributed by atoms with Crippen molar-refractivity contribution in [3.05, 3.63) is 94.5 Å². The molecule has 4 rings (SSSR count). The molecular weight excluding hydrogens is 440 g/mol. The minimum Gasteiger partial charge on any atom is -0.495 e. The van der Waals surface area contributed by atoms with E-state index in [1.807, 2.05) is 49.4 Å². The van der Waals surface area contributed by atoms with E-state index in [-0.39, 0.29) is 36.2 Å². The van der Waals surface area contributed by atoms with Crippen molar-refractivity contribution in [2.24, 2.45) is 0 Å². The number of carbonyl (C=O) groups excluding carboxylic acids is 3. The van der Waals surface area contributed by atoms with Crippen LogP contribution in [0.2, 0.25) is 0 Å². The number of imide groups is 1. The number of aryl methyl sites for hydroxylation is 1. The van der Waals surface area contributed by atoms with E-state index in [4.69, 9.17) is 4.74 Å². The Morgan fingerprint density at radius 2 is 1.51 bits per heavy atom. The van der Waals surface area contributed by atoms with Crippen molar-refractivity contribution in [1.82, 2.24) is 4.90 Å². The van der Waals surface area contributed by atoms with Crippen LogP contribution in [0.1, 0.15) is 63.0 Å². The zero-order chi connectivity index (χ0) is 25.3. The molecule has 3 aromatic rings. The van der Waals surface area contributed by atoms with Crippen molar-refractivity contribution in [2.45, 2.75) is 33.1 Å². The molecule has 0 aromatic heterocycles. The van der Waals surface area contributed by atoms with E-state index in [1.54, 1.807) is 36.3 Å². The highest BCUT2D eigenvalue weighted by Crippen LogP contribution is 2.31. The van der Waals surface area contributed by atoms with Gasteiger partial charge < -0.3 is 9.64 Å². The smallest absolute Gasteiger partial charge is 0.261 e. The Bertz CT molecular complexity index is 1250. The number of fused-ring (bicyclic) bond motifs is 1. The summed E-state index contributed by atoms with van der Waals surface area (Å²) in [6.45, 7) is 8.50. The lowest BCUT2D eigenvalue weighted by Gasteiger charge is -2.27. The van der Waals surface area contributed by atoms with Gasteiger partial charge in [-0.25, -0.2) is 0 Å². The third-order valence-corrected chi connectivity index (χ3v) is 6.29. The summed E-state index contributed by atoms with van der Waals surface area (Å²) in [6, 6.07) is 19.9. The fourth-order valence-electron chi connectivity index (χ4n) is 4.25. The lowest BCUT2D eigenvalue weighted by Crippen LogP contribution is -2.41. The number of hydrogen-bond acceptors (Lipinski definition) is 4. The molecular formula is C29H30N2O4. The van der Waals surface area contributed by atoms with Gasteiger partial charge in [0, 0.05) is 18.7 Å². The number of hydrogen-bond donors (Lipinski definition) is 0. The fraction of sp³-hybridized carbons (Fsp3) is 0.276. The van der Waals surface area contributed by atoms with Crippen LogP contribution in [-0.2, 0) is 5.41 Å². The van der Waals surface area contributed by atoms with Gasteiger partial charge in [-0.15, -0.1) is 0 Å². The van der Waals surface area contributed by atoms with Crippen LogP contribution in [0, 0.1) is 6.92 Å². The molecule has 0 unspecified atom stereocenters. The third-order valence-electron chi connectivity index (χ3n) is 6.29. The molecule has 0 saturated carbocycles. The molecule has 35 heavy (non-hydrogen) atoms. The molecule has 0 atom stereocenters. The zero-order valence-corrected chi connectivity index (χ0v) is 20.8. The molecule has 1 aliphatic heterocycles. The van der Waals surface area contributed by atoms with Gasteiger partial charge in [-0.3, -0.25) is 19.3 Å². The second-order valence-electron chi connectivity index (χ2n) is 9.77. The molecule has 0 aliphatic carbocycles. The molecule has 3 amide bonds. The normalized spacial score (nSPS) is 13.1. The van der Waals surface area contributed by atoms with E-state index < -0.39 is 0 Å². The van der Waals surface area contributed by atoms with E-state index in [9.17, 15) is 14.4 Å². The molecule has 0 bridgehead atoms. The predicted octanol–water partition coefficient (Wildman–Crippen LogP) is 5.24. The summed E-state index contributed by atoms with van der Waals surface area (Å²) in [5.74, 6) is -0.372. The number of nitrogens with zero attached hydrogens (tertiary/aromatic N) is 2. The quantitative estimate of drug-likeness (QED) is 0.462. The van der Waals surface area contributed by atoms with E-state index in [1.165, 1.54) is 4.90 Å². The number of anilines is 1. The summed E-state index contributed by atoms with van der Waals surface area (Å²) in [5, 5.41) is 0. The summed E-state index contributed by atoms with van der Waals surface area (Å²) in [4.78, 5) is 42.3. The molecule has 1 aliphatic rings. The van der Waals surface area contributed by atoms with Gasteiger partial charge in [0.25, 0.3) is 17.7 Å². The summed E-state index contributed by atoms with van der Waals surface area (Å²) in [7, 11) is 1.56. The Balaban J connectivity index is 1.66. The van der Waals surface area contributed by atoms with Crippen LogP contribution in [0.25, 0.3) is 0 Å². The molecule has 0 spiro atoms. The summed E-state index contributed by atoms with van der Waals surface area (Å²) < 4.78 is 5.58. The fourth-order valence-corrected chi connectivity index (χ4v) is 4.25. The van der Waals surface area contributed by atoms with E-state index >= 15 is 0 Å². The van der Waals surface area contributed by atoms with E-state index in [0.29, 0.717) is 28.1 Å². The third kappa shape index (κ3) is 4.69. The second kappa shape index (κ2) is 9.37. The summed E-state index contributed by atoms with van der Waals surface area (Å²) >= 11 is 0. The second-order valence-corrected chi connectivity index (χ2v) is 9.77. The van der Waals surface area contributed by atoms with Crippen LogP contribution < -0.4 is 9.64 Å². The average molecular weight is 471 g/mol. The number of amides is 3. The summed E-state index contributed by atoms with van der Waals surface area (Å²) in [5.41, 5.74) is 3.96. The molecule has 6 heteroatoms. The van der Waals surface area contributed by atoms with Crippen LogP contribution >= 0.6 is 0 Å². The van der Waals surface area contributed by atoms with Gasteiger partial charge >= 0.3 is 0 Å². The van der Waals surface area contributed by atoms with Crippen LogP contribution in [-0.4, -0.2) is 42.8 Å². The van der Waals surface area contributed by atoms with Crippen molar-refractivity contribution >= 4 is 23.4 Å². The standard InChI is InChI=1S/C29H30N2O4/c1-19-10-15-24(25(18-19)35-5)30(26(32)20-11-13-21(14-12-20)29(2,3)4)16-17-31-27(33)22-8-6-7-9-23(22)28(31)34/h6-15,18H,16-17H2,1-5H3. The van der Waals surface area contributed by atoms with Crippen LogP contribution in [0.3, 0.4) is 0 Å². The van der Waals surface area contributed by atoms with Crippen molar-refractivity contribution in [3.63, 3.8) is 0 Å². The lowest BCUT2D eigenvalue weighted by molar-refractivity contribution is 0.0654. The van der Waals surface area contributed by atoms with Gasteiger partial charge in [0.05, 0.1) is 23.9 Å². The Morgan fingerprint density at radius 1 is 0.914 bits per heavy atom. The molecule has 0 radical (unpaired) electrons. The lowest BCUT2D eigenvalue weighted by atomic mass is 9.86. The maximum Gasteiger partial charge on any atom is 0.261 e. The van der Waals surface area contributed by atoms with Crippen LogP contribution in [0.15, 0.2) is 66.7 Å². The maximum absolute atomic E-state index is 13.7. The highest BCUT2D eigenvalue weighted by atomic mass is 16.5. The van der Waals surface area contributed by atoms with Gasteiger partial charge in [-0.1, -0.05) is 51.1 Å². The molecule has 0 N–H and O–H groups in total.